The van der Waals surface area contributed by atoms with Crippen LogP contribution in [0.15, 0.2) is 47.5 Å². The maximum absolute atomic E-state index is 11.1. The van der Waals surface area contributed by atoms with Gasteiger partial charge in [-0.25, -0.2) is 4.99 Å². The van der Waals surface area contributed by atoms with E-state index in [1.54, 1.807) is 20.4 Å². The number of aliphatic hydroxyl groups is 1. The predicted molar refractivity (Wildman–Crippen MR) is 94.7 cm³/mol. The molecule has 0 aliphatic carbocycles. The molecule has 0 radical (unpaired) electrons. The van der Waals surface area contributed by atoms with Gasteiger partial charge in [0.1, 0.15) is 11.4 Å². The zero-order valence-corrected chi connectivity index (χ0v) is 14.4. The normalized spacial score (nSPS) is 13.8. The summed E-state index contributed by atoms with van der Waals surface area (Å²) in [6, 6.07) is 13.4. The molecule has 122 valence electrons. The second kappa shape index (κ2) is 6.84. The fourth-order valence-electron chi connectivity index (χ4n) is 2.46. The molecule has 0 amide bonds. The van der Waals surface area contributed by atoms with Gasteiger partial charge in [-0.05, 0) is 31.0 Å². The van der Waals surface area contributed by atoms with E-state index in [0.717, 1.165) is 22.4 Å². The Hall–Kier alpha value is -2.33. The molecule has 0 aromatic heterocycles. The van der Waals surface area contributed by atoms with Crippen LogP contribution in [0.4, 0.5) is 5.69 Å². The van der Waals surface area contributed by atoms with Gasteiger partial charge in [-0.1, -0.05) is 30.3 Å². The van der Waals surface area contributed by atoms with E-state index < -0.39 is 5.60 Å². The zero-order chi connectivity index (χ0) is 17.0. The number of benzene rings is 2. The van der Waals surface area contributed by atoms with Crippen LogP contribution < -0.4 is 4.74 Å². The Morgan fingerprint density at radius 2 is 1.83 bits per heavy atom. The van der Waals surface area contributed by atoms with Gasteiger partial charge < -0.3 is 14.7 Å². The average molecular weight is 312 g/mol. The molecule has 2 aromatic carbocycles. The predicted octanol–water partition coefficient (Wildman–Crippen LogP) is 3.48. The second-order valence-corrected chi connectivity index (χ2v) is 5.99. The van der Waals surface area contributed by atoms with Crippen molar-refractivity contribution in [2.24, 2.45) is 4.99 Å². The molecule has 0 aliphatic rings. The topological polar surface area (TPSA) is 45.1 Å². The van der Waals surface area contributed by atoms with Gasteiger partial charge in [0.25, 0.3) is 0 Å². The fourth-order valence-corrected chi connectivity index (χ4v) is 2.46. The van der Waals surface area contributed by atoms with Crippen LogP contribution >= 0.6 is 0 Å². The lowest BCUT2D eigenvalue weighted by Gasteiger charge is -2.27. The van der Waals surface area contributed by atoms with E-state index in [4.69, 9.17) is 4.74 Å². The second-order valence-electron chi connectivity index (χ2n) is 5.99. The summed E-state index contributed by atoms with van der Waals surface area (Å²) in [6.07, 6.45) is 1.75. The molecular weight excluding hydrogens is 288 g/mol. The van der Waals surface area contributed by atoms with E-state index in [2.05, 4.69) is 4.99 Å². The van der Waals surface area contributed by atoms with Crippen molar-refractivity contribution in [2.45, 2.75) is 19.4 Å². The first kappa shape index (κ1) is 17.0. The average Bonchev–Trinajstić information content (AvgIpc) is 2.54. The van der Waals surface area contributed by atoms with Crippen LogP contribution in [-0.4, -0.2) is 37.6 Å². The van der Waals surface area contributed by atoms with Crippen molar-refractivity contribution in [1.29, 1.82) is 0 Å². The summed E-state index contributed by atoms with van der Waals surface area (Å²) in [7, 11) is 5.45. The molecule has 0 saturated carbocycles. The van der Waals surface area contributed by atoms with Gasteiger partial charge in [-0.15, -0.1) is 0 Å². The van der Waals surface area contributed by atoms with Gasteiger partial charge in [0.2, 0.25) is 0 Å². The van der Waals surface area contributed by atoms with Gasteiger partial charge in [0.05, 0.1) is 19.1 Å². The van der Waals surface area contributed by atoms with E-state index in [9.17, 15) is 5.11 Å². The third-order valence-corrected chi connectivity index (χ3v) is 3.81. The lowest BCUT2D eigenvalue weighted by molar-refractivity contribution is 0.0989. The third kappa shape index (κ3) is 3.71. The van der Waals surface area contributed by atoms with Crippen molar-refractivity contribution in [1.82, 2.24) is 4.90 Å². The van der Waals surface area contributed by atoms with E-state index in [-0.39, 0.29) is 0 Å². The Bertz CT molecular complexity index is 692. The van der Waals surface area contributed by atoms with Gasteiger partial charge in [0, 0.05) is 25.7 Å². The van der Waals surface area contributed by atoms with Gasteiger partial charge in [-0.2, -0.15) is 0 Å². The molecule has 2 rings (SSSR count). The lowest BCUT2D eigenvalue weighted by Crippen LogP contribution is -2.23. The molecule has 0 aliphatic heterocycles. The number of hydrogen-bond acceptors (Lipinski definition) is 3. The van der Waals surface area contributed by atoms with Crippen molar-refractivity contribution in [3.05, 3.63) is 59.2 Å². The Labute approximate surface area is 138 Å². The molecule has 1 unspecified atom stereocenters. The highest BCUT2D eigenvalue weighted by atomic mass is 16.5. The van der Waals surface area contributed by atoms with Crippen molar-refractivity contribution >= 4 is 12.0 Å². The Balaban J connectivity index is 2.53. The fraction of sp³-hybridized carbons (Fsp3) is 0.316. The number of rotatable bonds is 5. The maximum Gasteiger partial charge on any atom is 0.127 e. The van der Waals surface area contributed by atoms with Gasteiger partial charge >= 0.3 is 0 Å². The van der Waals surface area contributed by atoms with E-state index in [1.165, 1.54) is 0 Å². The van der Waals surface area contributed by atoms with Crippen molar-refractivity contribution in [3.63, 3.8) is 0 Å². The summed E-state index contributed by atoms with van der Waals surface area (Å²) in [5, 5.41) is 11.1. The molecule has 23 heavy (non-hydrogen) atoms. The highest BCUT2D eigenvalue weighted by Crippen LogP contribution is 2.39. The Kier molecular flexibility index (Phi) is 5.06. The maximum atomic E-state index is 11.1. The lowest BCUT2D eigenvalue weighted by atomic mass is 9.86. The van der Waals surface area contributed by atoms with Crippen molar-refractivity contribution < 1.29 is 9.84 Å². The van der Waals surface area contributed by atoms with Gasteiger partial charge in [0.15, 0.2) is 0 Å². The van der Waals surface area contributed by atoms with Gasteiger partial charge in [-0.3, -0.25) is 0 Å². The minimum absolute atomic E-state index is 0.621. The summed E-state index contributed by atoms with van der Waals surface area (Å²) >= 11 is 0. The molecule has 1 atom stereocenters. The van der Waals surface area contributed by atoms with Crippen LogP contribution in [0.2, 0.25) is 0 Å². The SMILES string of the molecule is COc1cc(N=CN(C)C)c(C)cc1C(C)(O)c1ccccc1. The molecule has 0 fully saturated rings. The zero-order valence-electron chi connectivity index (χ0n) is 14.4. The molecule has 4 heteroatoms. The quantitative estimate of drug-likeness (QED) is 0.679. The molecular formula is C19H24N2O2. The van der Waals surface area contributed by atoms with E-state index >= 15 is 0 Å². The van der Waals surface area contributed by atoms with Crippen molar-refractivity contribution in [2.75, 3.05) is 21.2 Å². The standard InChI is InChI=1S/C19H24N2O2/c1-14-11-16(19(2,22)15-9-7-6-8-10-15)18(23-5)12-17(14)20-13-21(3)4/h6-13,22H,1-5H3. The Morgan fingerprint density at radius 3 is 2.39 bits per heavy atom. The molecule has 0 heterocycles. The molecule has 0 spiro atoms. The summed E-state index contributed by atoms with van der Waals surface area (Å²) in [6.45, 7) is 3.76. The molecule has 0 bridgehead atoms. The largest absolute Gasteiger partial charge is 0.496 e. The number of ether oxygens (including phenoxy) is 1. The van der Waals surface area contributed by atoms with E-state index in [0.29, 0.717) is 5.75 Å². The number of methoxy groups -OCH3 is 1. The van der Waals surface area contributed by atoms with E-state index in [1.807, 2.05) is 68.4 Å². The highest BCUT2D eigenvalue weighted by Gasteiger charge is 2.29. The molecule has 1 N–H and O–H groups in total. The van der Waals surface area contributed by atoms with Crippen LogP contribution in [0.25, 0.3) is 0 Å². The van der Waals surface area contributed by atoms with Crippen LogP contribution in [0.1, 0.15) is 23.6 Å². The monoisotopic (exact) mass is 312 g/mol. The van der Waals surface area contributed by atoms with Crippen molar-refractivity contribution in [3.8, 4) is 5.75 Å². The first-order valence-electron chi connectivity index (χ1n) is 7.54. The summed E-state index contributed by atoms with van der Waals surface area (Å²) in [4.78, 5) is 6.32. The molecule has 2 aromatic rings. The summed E-state index contributed by atoms with van der Waals surface area (Å²) in [5.41, 5.74) is 2.22. The van der Waals surface area contributed by atoms with Crippen LogP contribution in [-0.2, 0) is 5.60 Å². The number of aliphatic imine (C=N–C) groups is 1. The first-order valence-corrected chi connectivity index (χ1v) is 7.54. The summed E-state index contributed by atoms with van der Waals surface area (Å²) < 4.78 is 5.51. The first-order chi connectivity index (χ1) is 10.9. The molecule has 0 saturated heterocycles. The number of hydrogen-bond donors (Lipinski definition) is 1. The highest BCUT2D eigenvalue weighted by molar-refractivity contribution is 5.65. The van der Waals surface area contributed by atoms with Crippen LogP contribution in [0.5, 0.6) is 5.75 Å². The number of nitrogens with zero attached hydrogens (tertiary/aromatic N) is 2. The van der Waals surface area contributed by atoms with Crippen LogP contribution in [0, 0.1) is 6.92 Å². The minimum atomic E-state index is -1.14. The third-order valence-electron chi connectivity index (χ3n) is 3.81. The van der Waals surface area contributed by atoms with Crippen LogP contribution in [0.3, 0.4) is 0 Å². The smallest absolute Gasteiger partial charge is 0.127 e. The summed E-state index contributed by atoms with van der Waals surface area (Å²) in [5.74, 6) is 0.621. The Morgan fingerprint density at radius 1 is 1.17 bits per heavy atom. The number of aryl methyl sites for hydroxylation is 1. The minimum Gasteiger partial charge on any atom is -0.496 e. The molecule has 4 nitrogen and oxygen atoms in total.